The van der Waals surface area contributed by atoms with E-state index >= 15 is 0 Å². The smallest absolute Gasteiger partial charge is 0.266 e. The zero-order chi connectivity index (χ0) is 21.0. The zero-order valence-electron chi connectivity index (χ0n) is 15.8. The molecule has 148 valence electrons. The predicted molar refractivity (Wildman–Crippen MR) is 122 cm³/mol. The van der Waals surface area contributed by atoms with Gasteiger partial charge in [-0.2, -0.15) is 5.26 Å². The van der Waals surface area contributed by atoms with Gasteiger partial charge in [-0.15, -0.1) is 0 Å². The fourth-order valence-corrected chi connectivity index (χ4v) is 4.57. The maximum atomic E-state index is 12.5. The van der Waals surface area contributed by atoms with Crippen molar-refractivity contribution >= 4 is 56.2 Å². The van der Waals surface area contributed by atoms with Crippen molar-refractivity contribution in [3.8, 4) is 17.6 Å². The van der Waals surface area contributed by atoms with Crippen LogP contribution in [0.15, 0.2) is 45.8 Å². The lowest BCUT2D eigenvalue weighted by atomic mass is 10.1. The Hall–Kier alpha value is -2.34. The van der Waals surface area contributed by atoms with Crippen LogP contribution in [0.1, 0.15) is 23.6 Å². The van der Waals surface area contributed by atoms with E-state index in [2.05, 4.69) is 22.0 Å². The van der Waals surface area contributed by atoms with Crippen LogP contribution in [-0.4, -0.2) is 28.8 Å². The van der Waals surface area contributed by atoms with Crippen molar-refractivity contribution < 1.29 is 14.3 Å². The Balaban J connectivity index is 1.87. The number of thiocarbonyl (C=S) groups is 1. The first-order valence-electron chi connectivity index (χ1n) is 8.72. The van der Waals surface area contributed by atoms with Gasteiger partial charge in [-0.3, -0.25) is 9.69 Å². The van der Waals surface area contributed by atoms with E-state index in [-0.39, 0.29) is 12.5 Å². The molecule has 2 aromatic carbocycles. The number of halogens is 1. The number of nitriles is 1. The highest BCUT2D eigenvalue weighted by atomic mass is 79.9. The molecule has 3 rings (SSSR count). The van der Waals surface area contributed by atoms with Gasteiger partial charge in [0.05, 0.1) is 23.6 Å². The fraction of sp³-hybridized carbons (Fsp3) is 0.190. The summed E-state index contributed by atoms with van der Waals surface area (Å²) in [5.74, 6) is 0.965. The molecule has 0 unspecified atom stereocenters. The summed E-state index contributed by atoms with van der Waals surface area (Å²) in [5, 5.41) is 9.22. The summed E-state index contributed by atoms with van der Waals surface area (Å²) in [4.78, 5) is 14.6. The maximum Gasteiger partial charge on any atom is 0.266 e. The summed E-state index contributed by atoms with van der Waals surface area (Å²) in [6, 6.07) is 13.0. The van der Waals surface area contributed by atoms with Crippen LogP contribution in [0.4, 0.5) is 0 Å². The molecule has 8 heteroatoms. The number of likely N-dealkylation sites (N-methyl/N-ethyl adjacent to an activating group) is 1. The number of benzene rings is 2. The Morgan fingerprint density at radius 2 is 2.07 bits per heavy atom. The Kier molecular flexibility index (Phi) is 6.96. The minimum atomic E-state index is -0.0956. The predicted octanol–water partition coefficient (Wildman–Crippen LogP) is 5.13. The number of thioether (sulfide) groups is 1. The van der Waals surface area contributed by atoms with Crippen LogP contribution in [0.2, 0.25) is 0 Å². The molecule has 1 heterocycles. The molecule has 0 atom stereocenters. The van der Waals surface area contributed by atoms with E-state index in [1.165, 1.54) is 11.8 Å². The minimum Gasteiger partial charge on any atom is -0.493 e. The molecular formula is C21H17BrN2O3S2. The van der Waals surface area contributed by atoms with E-state index in [0.717, 1.165) is 15.6 Å². The van der Waals surface area contributed by atoms with Crippen LogP contribution in [0.25, 0.3) is 6.08 Å². The average molecular weight is 489 g/mol. The Morgan fingerprint density at radius 3 is 2.72 bits per heavy atom. The van der Waals surface area contributed by atoms with Crippen LogP contribution in [0, 0.1) is 11.3 Å². The monoisotopic (exact) mass is 488 g/mol. The van der Waals surface area contributed by atoms with Crippen LogP contribution < -0.4 is 9.47 Å². The first-order chi connectivity index (χ1) is 14.0. The first-order valence-corrected chi connectivity index (χ1v) is 10.7. The van der Waals surface area contributed by atoms with Gasteiger partial charge in [0.15, 0.2) is 11.5 Å². The molecule has 0 N–H and O–H groups in total. The molecule has 1 aliphatic heterocycles. The second kappa shape index (κ2) is 9.44. The molecule has 1 aliphatic rings. The van der Waals surface area contributed by atoms with Crippen molar-refractivity contribution in [2.45, 2.75) is 13.5 Å². The highest BCUT2D eigenvalue weighted by Gasteiger charge is 2.30. The number of amides is 1. The van der Waals surface area contributed by atoms with Crippen LogP contribution >= 0.6 is 39.9 Å². The number of hydrogen-bond donors (Lipinski definition) is 0. The third-order valence-electron chi connectivity index (χ3n) is 4.28. The molecule has 1 fully saturated rings. The number of ether oxygens (including phenoxy) is 2. The second-order valence-corrected chi connectivity index (χ2v) is 8.54. The highest BCUT2D eigenvalue weighted by Crippen LogP contribution is 2.38. The van der Waals surface area contributed by atoms with E-state index in [1.54, 1.807) is 36.3 Å². The van der Waals surface area contributed by atoms with E-state index in [4.69, 9.17) is 21.7 Å². The zero-order valence-corrected chi connectivity index (χ0v) is 19.0. The lowest BCUT2D eigenvalue weighted by molar-refractivity contribution is -0.121. The molecule has 1 saturated heterocycles. The molecule has 0 radical (unpaired) electrons. The summed E-state index contributed by atoms with van der Waals surface area (Å²) < 4.78 is 12.7. The number of nitrogens with zero attached hydrogens (tertiary/aromatic N) is 2. The molecule has 0 spiro atoms. The van der Waals surface area contributed by atoms with Gasteiger partial charge in [-0.25, -0.2) is 0 Å². The van der Waals surface area contributed by atoms with Gasteiger partial charge in [0.2, 0.25) is 0 Å². The third-order valence-corrected chi connectivity index (χ3v) is 6.34. The topological polar surface area (TPSA) is 62.6 Å². The lowest BCUT2D eigenvalue weighted by Gasteiger charge is -2.13. The van der Waals surface area contributed by atoms with Crippen molar-refractivity contribution in [3.63, 3.8) is 0 Å². The van der Waals surface area contributed by atoms with Crippen molar-refractivity contribution in [3.05, 3.63) is 62.5 Å². The number of hydrogen-bond acceptors (Lipinski definition) is 6. The SMILES string of the molecule is CCN1C(=O)/C(=C/c2cc(OC)c(OCc3ccccc3C#N)cc2Br)SC1=S. The van der Waals surface area contributed by atoms with Crippen molar-refractivity contribution in [2.24, 2.45) is 0 Å². The van der Waals surface area contributed by atoms with Crippen molar-refractivity contribution in [1.82, 2.24) is 4.90 Å². The standard InChI is InChI=1S/C21H17BrN2O3S2/c1-3-24-20(25)19(29-21(24)28)9-15-8-17(26-2)18(10-16(15)22)27-12-14-7-5-4-6-13(14)11-23/h4-10H,3,12H2,1-2H3/b19-9-. The van der Waals surface area contributed by atoms with E-state index in [9.17, 15) is 10.1 Å². The van der Waals surface area contributed by atoms with E-state index < -0.39 is 0 Å². The molecule has 0 saturated carbocycles. The molecular weight excluding hydrogens is 472 g/mol. The Labute approximate surface area is 187 Å². The van der Waals surface area contributed by atoms with Gasteiger partial charge >= 0.3 is 0 Å². The third kappa shape index (κ3) is 4.64. The molecule has 5 nitrogen and oxygen atoms in total. The van der Waals surface area contributed by atoms with Gasteiger partial charge in [0.1, 0.15) is 10.9 Å². The van der Waals surface area contributed by atoms with Crippen LogP contribution in [0.3, 0.4) is 0 Å². The van der Waals surface area contributed by atoms with Gasteiger partial charge in [0.25, 0.3) is 5.91 Å². The van der Waals surface area contributed by atoms with Crippen LogP contribution in [0.5, 0.6) is 11.5 Å². The van der Waals surface area contributed by atoms with E-state index in [0.29, 0.717) is 32.8 Å². The number of carbonyl (C=O) groups is 1. The highest BCUT2D eigenvalue weighted by molar-refractivity contribution is 9.10. The summed E-state index contributed by atoms with van der Waals surface area (Å²) in [6.45, 7) is 2.67. The largest absolute Gasteiger partial charge is 0.493 e. The minimum absolute atomic E-state index is 0.0956. The number of methoxy groups -OCH3 is 1. The summed E-state index contributed by atoms with van der Waals surface area (Å²) in [7, 11) is 1.56. The van der Waals surface area contributed by atoms with Crippen molar-refractivity contribution in [1.29, 1.82) is 5.26 Å². The normalized spacial score (nSPS) is 15.0. The quantitative estimate of drug-likeness (QED) is 0.414. The second-order valence-electron chi connectivity index (χ2n) is 6.01. The molecule has 0 aliphatic carbocycles. The maximum absolute atomic E-state index is 12.5. The molecule has 1 amide bonds. The summed E-state index contributed by atoms with van der Waals surface area (Å²) in [6.07, 6.45) is 1.79. The first kappa shape index (κ1) is 21.4. The van der Waals surface area contributed by atoms with E-state index in [1.807, 2.05) is 25.1 Å². The van der Waals surface area contributed by atoms with Gasteiger partial charge in [-0.05, 0) is 36.8 Å². The van der Waals surface area contributed by atoms with Gasteiger partial charge in [0, 0.05) is 16.6 Å². The van der Waals surface area contributed by atoms with Crippen LogP contribution in [-0.2, 0) is 11.4 Å². The lowest BCUT2D eigenvalue weighted by Crippen LogP contribution is -2.27. The number of rotatable bonds is 6. The molecule has 29 heavy (non-hydrogen) atoms. The Morgan fingerprint density at radius 1 is 1.31 bits per heavy atom. The summed E-state index contributed by atoms with van der Waals surface area (Å²) in [5.41, 5.74) is 2.14. The Bertz CT molecular complexity index is 1050. The fourth-order valence-electron chi connectivity index (χ4n) is 2.76. The van der Waals surface area contributed by atoms with Gasteiger partial charge in [-0.1, -0.05) is 58.1 Å². The molecule has 0 aromatic heterocycles. The van der Waals surface area contributed by atoms with Crippen molar-refractivity contribution in [2.75, 3.05) is 13.7 Å². The average Bonchev–Trinajstić information content (AvgIpc) is 3.00. The molecule has 0 bridgehead atoms. The van der Waals surface area contributed by atoms with Gasteiger partial charge < -0.3 is 9.47 Å². The number of carbonyl (C=O) groups excluding carboxylic acids is 1. The molecule has 2 aromatic rings. The summed E-state index contributed by atoms with van der Waals surface area (Å²) >= 11 is 10.1.